The van der Waals surface area contributed by atoms with Gasteiger partial charge in [0, 0.05) is 19.6 Å². The number of nitrogens with two attached hydrogens (primary N) is 1. The molecule has 0 aliphatic heterocycles. The summed E-state index contributed by atoms with van der Waals surface area (Å²) in [5, 5.41) is 0. The molecule has 0 atom stereocenters. The topological polar surface area (TPSA) is 75.4 Å². The van der Waals surface area contributed by atoms with Crippen LogP contribution in [0.15, 0.2) is 0 Å². The first-order chi connectivity index (χ1) is 7.06. The zero-order valence-corrected chi connectivity index (χ0v) is 10.1. The van der Waals surface area contributed by atoms with Crippen LogP contribution in [0.3, 0.4) is 0 Å². The van der Waals surface area contributed by atoms with Crippen molar-refractivity contribution in [2.24, 2.45) is 5.73 Å². The molecule has 1 aliphatic carbocycles. The van der Waals surface area contributed by atoms with Gasteiger partial charge in [0.25, 0.3) is 10.2 Å². The lowest BCUT2D eigenvalue weighted by Gasteiger charge is -2.20. The van der Waals surface area contributed by atoms with E-state index in [-0.39, 0.29) is 6.04 Å². The first-order valence-electron chi connectivity index (χ1n) is 5.50. The van der Waals surface area contributed by atoms with Crippen molar-refractivity contribution in [2.45, 2.75) is 38.1 Å². The van der Waals surface area contributed by atoms with Gasteiger partial charge in [0.2, 0.25) is 0 Å². The largest absolute Gasteiger partial charge is 0.330 e. The van der Waals surface area contributed by atoms with Crippen LogP contribution in [0, 0.1) is 0 Å². The molecule has 6 heteroatoms. The van der Waals surface area contributed by atoms with Gasteiger partial charge in [-0.15, -0.1) is 0 Å². The van der Waals surface area contributed by atoms with E-state index < -0.39 is 10.2 Å². The molecule has 0 aromatic carbocycles. The van der Waals surface area contributed by atoms with E-state index in [1.165, 1.54) is 4.31 Å². The Morgan fingerprint density at radius 3 is 2.53 bits per heavy atom. The Bertz CT molecular complexity index is 273. The van der Waals surface area contributed by atoms with E-state index in [1.54, 1.807) is 7.05 Å². The summed E-state index contributed by atoms with van der Waals surface area (Å²) in [6, 6.07) is 0.135. The van der Waals surface area contributed by atoms with Crippen LogP contribution < -0.4 is 10.5 Å². The predicted octanol–water partition coefficient (Wildman–Crippen LogP) is 0.0440. The Morgan fingerprint density at radius 1 is 1.40 bits per heavy atom. The normalized spacial score (nSPS) is 18.9. The lowest BCUT2D eigenvalue weighted by molar-refractivity contribution is 0.442. The third-order valence-corrected chi connectivity index (χ3v) is 4.39. The summed E-state index contributed by atoms with van der Waals surface area (Å²) >= 11 is 0. The summed E-state index contributed by atoms with van der Waals surface area (Å²) in [7, 11) is -1.70. The second-order valence-electron chi connectivity index (χ2n) is 4.07. The second-order valence-corrected chi connectivity index (χ2v) is 5.88. The molecule has 0 heterocycles. The molecule has 0 saturated heterocycles. The van der Waals surface area contributed by atoms with Gasteiger partial charge in [-0.1, -0.05) is 12.8 Å². The Hall–Kier alpha value is -0.170. The van der Waals surface area contributed by atoms with E-state index in [4.69, 9.17) is 5.73 Å². The van der Waals surface area contributed by atoms with Gasteiger partial charge in [-0.3, -0.25) is 0 Å². The van der Waals surface area contributed by atoms with Crippen molar-refractivity contribution < 1.29 is 8.42 Å². The van der Waals surface area contributed by atoms with Gasteiger partial charge >= 0.3 is 0 Å². The van der Waals surface area contributed by atoms with Crippen LogP contribution in [0.1, 0.15) is 32.1 Å². The van der Waals surface area contributed by atoms with E-state index in [9.17, 15) is 8.42 Å². The summed E-state index contributed by atoms with van der Waals surface area (Å²) in [5.41, 5.74) is 5.34. The molecule has 0 aromatic rings. The minimum atomic E-state index is -3.29. The van der Waals surface area contributed by atoms with Crippen LogP contribution >= 0.6 is 0 Å². The fraction of sp³-hybridized carbons (Fsp3) is 1.00. The van der Waals surface area contributed by atoms with Crippen LogP contribution in [0.25, 0.3) is 0 Å². The fourth-order valence-electron chi connectivity index (χ4n) is 1.78. The average Bonchev–Trinajstić information content (AvgIpc) is 2.65. The highest BCUT2D eigenvalue weighted by Gasteiger charge is 2.24. The molecule has 1 aliphatic rings. The summed E-state index contributed by atoms with van der Waals surface area (Å²) in [4.78, 5) is 0. The highest BCUT2D eigenvalue weighted by atomic mass is 32.2. The summed E-state index contributed by atoms with van der Waals surface area (Å²) in [5.74, 6) is 0. The fourth-order valence-corrected chi connectivity index (χ4v) is 2.98. The van der Waals surface area contributed by atoms with Crippen LogP contribution in [0.5, 0.6) is 0 Å². The van der Waals surface area contributed by atoms with Crippen molar-refractivity contribution in [1.82, 2.24) is 9.03 Å². The third-order valence-electron chi connectivity index (χ3n) is 2.76. The number of hydrogen-bond donors (Lipinski definition) is 2. The first-order valence-corrected chi connectivity index (χ1v) is 6.94. The highest BCUT2D eigenvalue weighted by Crippen LogP contribution is 2.18. The molecule has 15 heavy (non-hydrogen) atoms. The Kier molecular flexibility index (Phi) is 4.98. The van der Waals surface area contributed by atoms with Crippen LogP contribution in [-0.4, -0.2) is 38.9 Å². The van der Waals surface area contributed by atoms with Gasteiger partial charge in [0.15, 0.2) is 0 Å². The second kappa shape index (κ2) is 5.79. The molecule has 1 fully saturated rings. The van der Waals surface area contributed by atoms with Crippen molar-refractivity contribution in [3.63, 3.8) is 0 Å². The minimum absolute atomic E-state index is 0.135. The van der Waals surface area contributed by atoms with Crippen molar-refractivity contribution in [3.8, 4) is 0 Å². The van der Waals surface area contributed by atoms with Gasteiger partial charge in [0.1, 0.15) is 0 Å². The van der Waals surface area contributed by atoms with E-state index in [1.807, 2.05) is 0 Å². The van der Waals surface area contributed by atoms with E-state index in [0.717, 1.165) is 25.7 Å². The lowest BCUT2D eigenvalue weighted by atomic mass is 10.3. The van der Waals surface area contributed by atoms with Crippen LogP contribution in [0.4, 0.5) is 0 Å². The molecule has 1 saturated carbocycles. The Balaban J connectivity index is 2.42. The molecule has 5 nitrogen and oxygen atoms in total. The third kappa shape index (κ3) is 4.06. The quantitative estimate of drug-likeness (QED) is 0.683. The highest BCUT2D eigenvalue weighted by molar-refractivity contribution is 7.87. The maximum Gasteiger partial charge on any atom is 0.279 e. The summed E-state index contributed by atoms with van der Waals surface area (Å²) in [6.45, 7) is 1.00. The number of nitrogens with one attached hydrogen (secondary N) is 1. The average molecular weight is 235 g/mol. The Labute approximate surface area is 92.2 Å². The zero-order chi connectivity index (χ0) is 11.3. The number of nitrogens with zero attached hydrogens (tertiary/aromatic N) is 1. The van der Waals surface area contributed by atoms with Crippen molar-refractivity contribution in [2.75, 3.05) is 20.1 Å². The molecule has 0 unspecified atom stereocenters. The monoisotopic (exact) mass is 235 g/mol. The van der Waals surface area contributed by atoms with E-state index in [0.29, 0.717) is 19.5 Å². The minimum Gasteiger partial charge on any atom is -0.330 e. The first kappa shape index (κ1) is 12.9. The Morgan fingerprint density at radius 2 is 2.00 bits per heavy atom. The van der Waals surface area contributed by atoms with Crippen molar-refractivity contribution >= 4 is 10.2 Å². The molecule has 0 spiro atoms. The molecule has 0 bridgehead atoms. The predicted molar refractivity (Wildman–Crippen MR) is 60.6 cm³/mol. The number of rotatable bonds is 6. The standard InChI is InChI=1S/C9H21N3O2S/c1-12(8-4-7-10)15(13,14)11-9-5-2-3-6-9/h9,11H,2-8,10H2,1H3. The van der Waals surface area contributed by atoms with Gasteiger partial charge in [-0.25, -0.2) is 0 Å². The van der Waals surface area contributed by atoms with E-state index >= 15 is 0 Å². The van der Waals surface area contributed by atoms with Gasteiger partial charge < -0.3 is 5.73 Å². The van der Waals surface area contributed by atoms with Gasteiger partial charge in [-0.2, -0.15) is 17.4 Å². The maximum atomic E-state index is 11.8. The number of hydrogen-bond acceptors (Lipinski definition) is 3. The molecule has 0 radical (unpaired) electrons. The summed E-state index contributed by atoms with van der Waals surface area (Å²) in [6.07, 6.45) is 4.87. The molecule has 0 aromatic heterocycles. The molecular weight excluding hydrogens is 214 g/mol. The molecule has 1 rings (SSSR count). The molecular formula is C9H21N3O2S. The van der Waals surface area contributed by atoms with Gasteiger partial charge in [-0.05, 0) is 25.8 Å². The molecule has 0 amide bonds. The smallest absolute Gasteiger partial charge is 0.279 e. The lowest BCUT2D eigenvalue weighted by Crippen LogP contribution is -2.43. The van der Waals surface area contributed by atoms with Crippen molar-refractivity contribution in [1.29, 1.82) is 0 Å². The van der Waals surface area contributed by atoms with Gasteiger partial charge in [0.05, 0.1) is 0 Å². The SMILES string of the molecule is CN(CCCN)S(=O)(=O)NC1CCCC1. The maximum absolute atomic E-state index is 11.8. The molecule has 3 N–H and O–H groups in total. The summed E-state index contributed by atoms with van der Waals surface area (Å²) < 4.78 is 27.6. The van der Waals surface area contributed by atoms with Crippen molar-refractivity contribution in [3.05, 3.63) is 0 Å². The molecule has 90 valence electrons. The van der Waals surface area contributed by atoms with Crippen LogP contribution in [0.2, 0.25) is 0 Å². The zero-order valence-electron chi connectivity index (χ0n) is 9.28. The van der Waals surface area contributed by atoms with Crippen LogP contribution in [-0.2, 0) is 10.2 Å². The van der Waals surface area contributed by atoms with E-state index in [2.05, 4.69) is 4.72 Å².